The summed E-state index contributed by atoms with van der Waals surface area (Å²) in [5, 5.41) is -1.42. The summed E-state index contributed by atoms with van der Waals surface area (Å²) < 4.78 is 39.3. The molecule has 1 saturated heterocycles. The van der Waals surface area contributed by atoms with Crippen molar-refractivity contribution >= 4 is 28.0 Å². The zero-order chi connectivity index (χ0) is 15.6. The minimum absolute atomic E-state index is 0.0841. The first kappa shape index (κ1) is 15.3. The van der Waals surface area contributed by atoms with Crippen molar-refractivity contribution in [1.82, 2.24) is 9.97 Å². The molecule has 0 bridgehead atoms. The molecule has 0 spiro atoms. The summed E-state index contributed by atoms with van der Waals surface area (Å²) in [5.74, 6) is -1.29. The highest BCUT2D eigenvalue weighted by Gasteiger charge is 2.40. The van der Waals surface area contributed by atoms with Gasteiger partial charge < -0.3 is 4.74 Å². The molecule has 1 aliphatic rings. The molecule has 8 nitrogen and oxygen atoms in total. The van der Waals surface area contributed by atoms with Gasteiger partial charge in [-0.15, -0.1) is 3.89 Å². The van der Waals surface area contributed by atoms with E-state index in [2.05, 4.69) is 9.97 Å². The molecule has 0 aromatic carbocycles. The molecule has 1 aliphatic heterocycles. The van der Waals surface area contributed by atoms with Crippen LogP contribution in [0.3, 0.4) is 0 Å². The summed E-state index contributed by atoms with van der Waals surface area (Å²) in [4.78, 5) is 31.7. The van der Waals surface area contributed by atoms with Crippen LogP contribution in [-0.2, 0) is 19.8 Å². The molecular weight excluding hydrogens is 305 g/mol. The zero-order valence-electron chi connectivity index (χ0n) is 11.0. The van der Waals surface area contributed by atoms with Crippen LogP contribution in [0, 0.1) is 0 Å². The van der Waals surface area contributed by atoms with Gasteiger partial charge in [-0.25, -0.2) is 14.8 Å². The van der Waals surface area contributed by atoms with Crippen molar-refractivity contribution < 1.29 is 26.6 Å². The van der Waals surface area contributed by atoms with Crippen LogP contribution in [0.25, 0.3) is 0 Å². The van der Waals surface area contributed by atoms with Crippen LogP contribution in [0.2, 0.25) is 0 Å². The van der Waals surface area contributed by atoms with Crippen LogP contribution in [-0.4, -0.2) is 48.7 Å². The summed E-state index contributed by atoms with van der Waals surface area (Å²) in [5.41, 5.74) is 0.0990. The van der Waals surface area contributed by atoms with Gasteiger partial charge in [0.05, 0.1) is 12.2 Å². The second-order valence-corrected chi connectivity index (χ2v) is 5.92. The smallest absolute Gasteiger partial charge is 0.341 e. The zero-order valence-corrected chi connectivity index (χ0v) is 11.8. The van der Waals surface area contributed by atoms with Crippen LogP contribution >= 0.6 is 0 Å². The van der Waals surface area contributed by atoms with Gasteiger partial charge in [0.15, 0.2) is 0 Å². The molecule has 2 heterocycles. The third kappa shape index (κ3) is 3.32. The molecular formula is C11H12FN3O5S. The van der Waals surface area contributed by atoms with Crippen LogP contribution < -0.4 is 4.90 Å². The van der Waals surface area contributed by atoms with Crippen LogP contribution in [0.4, 0.5) is 9.83 Å². The summed E-state index contributed by atoms with van der Waals surface area (Å²) in [6.07, 6.45) is 1.86. The molecule has 0 radical (unpaired) electrons. The minimum Gasteiger partial charge on any atom is -0.462 e. The van der Waals surface area contributed by atoms with Gasteiger partial charge in [0.2, 0.25) is 11.9 Å². The first-order valence-corrected chi connectivity index (χ1v) is 7.50. The minimum atomic E-state index is -4.80. The predicted octanol–water partition coefficient (Wildman–Crippen LogP) is 0.0579. The lowest BCUT2D eigenvalue weighted by Crippen LogP contribution is -2.28. The van der Waals surface area contributed by atoms with E-state index in [1.165, 1.54) is 0 Å². The summed E-state index contributed by atoms with van der Waals surface area (Å²) in [6, 6.07) is 0. The third-order valence-corrected chi connectivity index (χ3v) is 3.99. The van der Waals surface area contributed by atoms with E-state index in [4.69, 9.17) is 4.74 Å². The molecule has 1 aromatic heterocycles. The Morgan fingerprint density at radius 2 is 2.10 bits per heavy atom. The van der Waals surface area contributed by atoms with Gasteiger partial charge in [-0.2, -0.15) is 8.42 Å². The standard InChI is InChI=1S/C11H12FN3O5S/c1-2-20-10(17)7-4-13-11(14-5-7)15-6-8(3-9(15)16)21(12,18)19/h4-5,8H,2-3,6H2,1H3. The molecule has 1 amide bonds. The van der Waals surface area contributed by atoms with Crippen molar-refractivity contribution in [3.8, 4) is 0 Å². The van der Waals surface area contributed by atoms with Gasteiger partial charge in [0.1, 0.15) is 5.25 Å². The highest BCUT2D eigenvalue weighted by Crippen LogP contribution is 2.23. The molecule has 1 fully saturated rings. The van der Waals surface area contributed by atoms with E-state index < -0.39 is 33.8 Å². The van der Waals surface area contributed by atoms with E-state index in [1.807, 2.05) is 0 Å². The van der Waals surface area contributed by atoms with Crippen molar-refractivity contribution in [2.24, 2.45) is 0 Å². The van der Waals surface area contributed by atoms with E-state index in [0.717, 1.165) is 17.3 Å². The number of hydrogen-bond acceptors (Lipinski definition) is 7. The Hall–Kier alpha value is -2.10. The number of carbonyl (C=O) groups excluding carboxylic acids is 2. The monoisotopic (exact) mass is 317 g/mol. The van der Waals surface area contributed by atoms with E-state index in [9.17, 15) is 21.9 Å². The summed E-state index contributed by atoms with van der Waals surface area (Å²) in [7, 11) is -4.80. The molecule has 0 N–H and O–H groups in total. The van der Waals surface area contributed by atoms with Crippen molar-refractivity contribution in [1.29, 1.82) is 0 Å². The molecule has 0 aliphatic carbocycles. The van der Waals surface area contributed by atoms with Crippen molar-refractivity contribution in [3.63, 3.8) is 0 Å². The number of ether oxygens (including phenoxy) is 1. The molecule has 1 aromatic rings. The Kier molecular flexibility index (Phi) is 4.16. The SMILES string of the molecule is CCOC(=O)c1cnc(N2CC(S(=O)(=O)F)CC2=O)nc1. The van der Waals surface area contributed by atoms with Crippen LogP contribution in [0.15, 0.2) is 12.4 Å². The molecule has 21 heavy (non-hydrogen) atoms. The fourth-order valence-corrected chi connectivity index (χ4v) is 2.51. The Bertz CT molecular complexity index is 661. The van der Waals surface area contributed by atoms with Crippen molar-refractivity contribution in [3.05, 3.63) is 18.0 Å². The average Bonchev–Trinajstić information content (AvgIpc) is 2.81. The van der Waals surface area contributed by atoms with E-state index in [1.54, 1.807) is 6.92 Å². The Morgan fingerprint density at radius 1 is 1.48 bits per heavy atom. The Morgan fingerprint density at radius 3 is 2.57 bits per heavy atom. The fraction of sp³-hybridized carbons (Fsp3) is 0.455. The normalized spacial score (nSPS) is 18.9. The number of rotatable bonds is 4. The van der Waals surface area contributed by atoms with Crippen molar-refractivity contribution in [2.45, 2.75) is 18.6 Å². The van der Waals surface area contributed by atoms with E-state index >= 15 is 0 Å². The molecule has 10 heteroatoms. The molecule has 2 rings (SSSR count). The number of halogens is 1. The first-order chi connectivity index (χ1) is 9.82. The predicted molar refractivity (Wildman–Crippen MR) is 68.8 cm³/mol. The van der Waals surface area contributed by atoms with Gasteiger partial charge in [-0.1, -0.05) is 0 Å². The molecule has 1 atom stereocenters. The van der Waals surface area contributed by atoms with Crippen LogP contribution in [0.5, 0.6) is 0 Å². The second kappa shape index (κ2) is 5.72. The van der Waals surface area contributed by atoms with Gasteiger partial charge in [0, 0.05) is 25.4 Å². The average molecular weight is 317 g/mol. The van der Waals surface area contributed by atoms with Gasteiger partial charge >= 0.3 is 16.2 Å². The Balaban J connectivity index is 2.16. The lowest BCUT2D eigenvalue weighted by Gasteiger charge is -2.13. The number of hydrogen-bond donors (Lipinski definition) is 0. The van der Waals surface area contributed by atoms with Crippen molar-refractivity contribution in [2.75, 3.05) is 18.1 Å². The number of carbonyl (C=O) groups is 2. The number of anilines is 1. The van der Waals surface area contributed by atoms with Gasteiger partial charge in [-0.05, 0) is 6.92 Å². The number of nitrogens with zero attached hydrogens (tertiary/aromatic N) is 3. The maximum absolute atomic E-state index is 12.9. The largest absolute Gasteiger partial charge is 0.462 e. The third-order valence-electron chi connectivity index (χ3n) is 2.88. The maximum atomic E-state index is 12.9. The fourth-order valence-electron chi connectivity index (χ4n) is 1.84. The second-order valence-electron chi connectivity index (χ2n) is 4.30. The highest BCUT2D eigenvalue weighted by atomic mass is 32.3. The van der Waals surface area contributed by atoms with Gasteiger partial charge in [0.25, 0.3) is 0 Å². The number of esters is 1. The topological polar surface area (TPSA) is 107 Å². The molecule has 0 saturated carbocycles. The van der Waals surface area contributed by atoms with E-state index in [0.29, 0.717) is 0 Å². The molecule has 114 valence electrons. The van der Waals surface area contributed by atoms with E-state index in [-0.39, 0.29) is 24.7 Å². The quantitative estimate of drug-likeness (QED) is 0.571. The molecule has 1 unspecified atom stereocenters. The maximum Gasteiger partial charge on any atom is 0.341 e. The summed E-state index contributed by atoms with van der Waals surface area (Å²) >= 11 is 0. The number of amides is 1. The lowest BCUT2D eigenvalue weighted by atomic mass is 10.3. The summed E-state index contributed by atoms with van der Waals surface area (Å²) in [6.45, 7) is 1.49. The highest BCUT2D eigenvalue weighted by molar-refractivity contribution is 7.87. The first-order valence-electron chi connectivity index (χ1n) is 6.06. The van der Waals surface area contributed by atoms with Crippen LogP contribution in [0.1, 0.15) is 23.7 Å². The lowest BCUT2D eigenvalue weighted by molar-refractivity contribution is -0.117. The van der Waals surface area contributed by atoms with Gasteiger partial charge in [-0.3, -0.25) is 9.69 Å². The Labute approximate surface area is 120 Å². The number of aromatic nitrogens is 2.